The van der Waals surface area contributed by atoms with Gasteiger partial charge in [0.15, 0.2) is 0 Å². The molecular formula is C20H21IN5O3P. The van der Waals surface area contributed by atoms with Gasteiger partial charge in [0.05, 0.1) is 35.2 Å². The van der Waals surface area contributed by atoms with E-state index in [4.69, 9.17) is 0 Å². The molecule has 3 heterocycles. The molecule has 1 aromatic carbocycles. The monoisotopic (exact) mass is 537 g/mol. The first-order valence-corrected chi connectivity index (χ1v) is 13.6. The first kappa shape index (κ1) is 21.0. The van der Waals surface area contributed by atoms with Gasteiger partial charge < -0.3 is 20.4 Å². The van der Waals surface area contributed by atoms with Crippen molar-refractivity contribution in [3.05, 3.63) is 54.4 Å². The zero-order valence-electron chi connectivity index (χ0n) is 16.0. The molecule has 1 unspecified atom stereocenters. The van der Waals surface area contributed by atoms with E-state index in [1.165, 1.54) is 0 Å². The molecule has 0 saturated carbocycles. The number of halogens is 1. The van der Waals surface area contributed by atoms with Gasteiger partial charge in [-0.1, -0.05) is 6.07 Å². The molecule has 3 aromatic rings. The van der Waals surface area contributed by atoms with E-state index in [0.29, 0.717) is 49.4 Å². The number of aromatic hydroxyl groups is 1. The standard InChI is InChI=1S/C20H21IN5O3P/c21-30-26-18(6-9-22-26)15-2-1-3-17(23-15)20(29)24-16-5-4-14(28)12-19(16)25-10-7-13(27)8-11-25/h1-6,9,12-13,27-28,30H,7-8,10-11H2,(H,24,29). The van der Waals surface area contributed by atoms with E-state index < -0.39 is 0 Å². The van der Waals surface area contributed by atoms with Crippen LogP contribution < -0.4 is 10.2 Å². The van der Waals surface area contributed by atoms with Gasteiger partial charge in [0.2, 0.25) is 0 Å². The molecule has 0 aliphatic carbocycles. The van der Waals surface area contributed by atoms with Gasteiger partial charge in [-0.2, -0.15) is 5.10 Å². The van der Waals surface area contributed by atoms with Gasteiger partial charge in [-0.05, 0) is 65.2 Å². The van der Waals surface area contributed by atoms with Crippen LogP contribution in [0.3, 0.4) is 0 Å². The van der Waals surface area contributed by atoms with Gasteiger partial charge in [0.25, 0.3) is 5.91 Å². The van der Waals surface area contributed by atoms with Crippen LogP contribution in [0.1, 0.15) is 23.3 Å². The number of hydrogen-bond acceptors (Lipinski definition) is 6. The van der Waals surface area contributed by atoms with Crippen LogP contribution in [0.4, 0.5) is 11.4 Å². The lowest BCUT2D eigenvalue weighted by Crippen LogP contribution is -2.36. The number of carbonyl (C=O) groups is 1. The predicted molar refractivity (Wildman–Crippen MR) is 127 cm³/mol. The average Bonchev–Trinajstić information content (AvgIpc) is 3.24. The molecule has 8 nitrogen and oxygen atoms in total. The number of anilines is 2. The van der Waals surface area contributed by atoms with Crippen molar-refractivity contribution in [2.24, 2.45) is 0 Å². The summed E-state index contributed by atoms with van der Waals surface area (Å²) < 4.78 is 1.84. The summed E-state index contributed by atoms with van der Waals surface area (Å²) in [5.74, 6) is -0.203. The molecule has 1 saturated heterocycles. The highest BCUT2D eigenvalue weighted by Crippen LogP contribution is 2.33. The van der Waals surface area contributed by atoms with E-state index in [1.807, 2.05) is 16.6 Å². The van der Waals surface area contributed by atoms with E-state index in [0.717, 1.165) is 11.4 Å². The Morgan fingerprint density at radius 1 is 1.20 bits per heavy atom. The van der Waals surface area contributed by atoms with Gasteiger partial charge >= 0.3 is 0 Å². The summed E-state index contributed by atoms with van der Waals surface area (Å²) in [5.41, 5.74) is 3.16. The number of rotatable bonds is 5. The van der Waals surface area contributed by atoms with Gasteiger partial charge in [-0.25, -0.2) is 9.44 Å². The summed E-state index contributed by atoms with van der Waals surface area (Å²) in [6.07, 6.45) is 3.14. The van der Waals surface area contributed by atoms with Crippen LogP contribution in [0.5, 0.6) is 5.75 Å². The second-order valence-electron chi connectivity index (χ2n) is 6.99. The molecule has 0 bridgehead atoms. The fraction of sp³-hybridized carbons (Fsp3) is 0.250. The molecule has 1 amide bonds. The van der Waals surface area contributed by atoms with Crippen LogP contribution in [0.2, 0.25) is 0 Å². The second kappa shape index (κ2) is 9.28. The molecule has 2 aromatic heterocycles. The third-order valence-electron chi connectivity index (χ3n) is 5.00. The molecule has 4 rings (SSSR count). The van der Waals surface area contributed by atoms with Crippen LogP contribution >= 0.6 is 28.4 Å². The molecule has 1 aliphatic rings. The molecular weight excluding hydrogens is 516 g/mol. The van der Waals surface area contributed by atoms with Gasteiger partial charge in [-0.3, -0.25) is 4.79 Å². The number of piperidine rings is 1. The predicted octanol–water partition coefficient (Wildman–Crippen LogP) is 3.66. The summed E-state index contributed by atoms with van der Waals surface area (Å²) in [6.45, 7) is 1.31. The number of amides is 1. The van der Waals surface area contributed by atoms with Crippen molar-refractivity contribution in [1.29, 1.82) is 0 Å². The largest absolute Gasteiger partial charge is 0.508 e. The Kier molecular flexibility index (Phi) is 6.50. The Balaban J connectivity index is 1.58. The topological polar surface area (TPSA) is 104 Å². The second-order valence-corrected chi connectivity index (χ2v) is 9.03. The van der Waals surface area contributed by atoms with Gasteiger partial charge in [0.1, 0.15) is 11.4 Å². The van der Waals surface area contributed by atoms with E-state index >= 15 is 0 Å². The maximum Gasteiger partial charge on any atom is 0.274 e. The number of benzene rings is 1. The fourth-order valence-corrected chi connectivity index (χ4v) is 4.99. The Morgan fingerprint density at radius 2 is 2.00 bits per heavy atom. The number of phenols is 1. The third-order valence-corrected chi connectivity index (χ3v) is 6.89. The molecule has 0 spiro atoms. The van der Waals surface area contributed by atoms with Crippen LogP contribution in [-0.4, -0.2) is 49.8 Å². The number of phenolic OH excluding ortho intramolecular Hbond substituents is 1. The molecule has 1 aliphatic heterocycles. The van der Waals surface area contributed by atoms with Crippen LogP contribution in [0.25, 0.3) is 11.4 Å². The lowest BCUT2D eigenvalue weighted by Gasteiger charge is -2.32. The van der Waals surface area contributed by atoms with E-state index in [-0.39, 0.29) is 17.8 Å². The molecule has 10 heteroatoms. The van der Waals surface area contributed by atoms with Crippen molar-refractivity contribution >= 4 is 45.7 Å². The smallest absolute Gasteiger partial charge is 0.274 e. The van der Waals surface area contributed by atoms with Crippen molar-refractivity contribution in [3.8, 4) is 17.1 Å². The molecule has 156 valence electrons. The number of aromatic nitrogens is 3. The summed E-state index contributed by atoms with van der Waals surface area (Å²) in [6, 6.07) is 12.1. The van der Waals surface area contributed by atoms with Crippen molar-refractivity contribution < 1.29 is 15.0 Å². The first-order valence-electron chi connectivity index (χ1n) is 9.50. The minimum absolute atomic E-state index is 0.127. The van der Waals surface area contributed by atoms with Crippen LogP contribution in [-0.2, 0) is 0 Å². The molecule has 1 fully saturated rings. The normalized spacial score (nSPS) is 15.1. The van der Waals surface area contributed by atoms with Gasteiger partial charge in [0, 0.05) is 25.4 Å². The summed E-state index contributed by atoms with van der Waals surface area (Å²) >= 11 is 2.25. The number of carbonyl (C=O) groups excluding carboxylic acids is 1. The number of nitrogens with zero attached hydrogens (tertiary/aromatic N) is 4. The summed E-state index contributed by atoms with van der Waals surface area (Å²) in [7, 11) is 0. The van der Waals surface area contributed by atoms with Gasteiger partial charge in [-0.15, -0.1) is 0 Å². The number of aliphatic hydroxyl groups excluding tert-OH is 1. The highest BCUT2D eigenvalue weighted by atomic mass is 127. The summed E-state index contributed by atoms with van der Waals surface area (Å²) in [4.78, 5) is 19.5. The van der Waals surface area contributed by atoms with E-state index in [9.17, 15) is 15.0 Å². The van der Waals surface area contributed by atoms with Crippen LogP contribution in [0.15, 0.2) is 48.7 Å². The maximum absolute atomic E-state index is 12.9. The SMILES string of the molecule is O=C(Nc1ccc(O)cc1N1CCC(O)CC1)c1cccc(-c2ccnn2PI)n1. The van der Waals surface area contributed by atoms with Crippen LogP contribution in [0, 0.1) is 0 Å². The lowest BCUT2D eigenvalue weighted by molar-refractivity contribution is 0.102. The fourth-order valence-electron chi connectivity index (χ4n) is 3.45. The highest BCUT2D eigenvalue weighted by molar-refractivity contribution is 14.2. The Labute approximate surface area is 188 Å². The van der Waals surface area contributed by atoms with E-state index in [1.54, 1.807) is 36.5 Å². The van der Waals surface area contributed by atoms with Crippen molar-refractivity contribution in [3.63, 3.8) is 0 Å². The van der Waals surface area contributed by atoms with Crippen molar-refractivity contribution in [2.75, 3.05) is 23.3 Å². The molecule has 3 N–H and O–H groups in total. The number of aliphatic hydroxyl groups is 1. The zero-order chi connectivity index (χ0) is 21.1. The lowest BCUT2D eigenvalue weighted by atomic mass is 10.1. The highest BCUT2D eigenvalue weighted by Gasteiger charge is 2.21. The Morgan fingerprint density at radius 3 is 2.77 bits per heavy atom. The molecule has 30 heavy (non-hydrogen) atoms. The molecule has 0 radical (unpaired) electrons. The number of pyridine rings is 1. The minimum atomic E-state index is -0.330. The third kappa shape index (κ3) is 4.58. The zero-order valence-corrected chi connectivity index (χ0v) is 19.2. The Bertz CT molecular complexity index is 1050. The maximum atomic E-state index is 12.9. The average molecular weight is 537 g/mol. The minimum Gasteiger partial charge on any atom is -0.508 e. The Hall–Kier alpha value is -2.23. The number of nitrogens with one attached hydrogen (secondary N) is 1. The van der Waals surface area contributed by atoms with E-state index in [2.05, 4.69) is 42.3 Å². The quantitative estimate of drug-likeness (QED) is 0.261. The van der Waals surface area contributed by atoms with Crippen molar-refractivity contribution in [1.82, 2.24) is 14.5 Å². The summed E-state index contributed by atoms with van der Waals surface area (Å²) in [5, 5.41) is 26.9. The molecule has 1 atom stereocenters. The number of hydrogen-bond donors (Lipinski definition) is 3. The van der Waals surface area contributed by atoms with Crippen molar-refractivity contribution in [2.45, 2.75) is 18.9 Å². The first-order chi connectivity index (χ1) is 14.5.